The molecule has 0 saturated carbocycles. The van der Waals surface area contributed by atoms with Crippen molar-refractivity contribution in [3.05, 3.63) is 0 Å². The van der Waals surface area contributed by atoms with Crippen molar-refractivity contribution in [1.82, 2.24) is 0 Å². The predicted molar refractivity (Wildman–Crippen MR) is 42.9 cm³/mol. The molecule has 1 atom stereocenters. The highest BCUT2D eigenvalue weighted by molar-refractivity contribution is 4.54. The Hall–Kier alpha value is -0.0800. The van der Waals surface area contributed by atoms with Crippen LogP contribution in [0.1, 0.15) is 33.1 Å². The Kier molecular flexibility index (Phi) is 6.98. The normalized spacial score (nSPS) is 26.1. The van der Waals surface area contributed by atoms with Gasteiger partial charge in [0.2, 0.25) is 0 Å². The van der Waals surface area contributed by atoms with Gasteiger partial charge in [0.1, 0.15) is 12.6 Å². The first kappa shape index (κ1) is 9.92. The minimum Gasteiger partial charge on any atom is -0.387 e. The van der Waals surface area contributed by atoms with Crippen molar-refractivity contribution < 1.29 is 10.4 Å². The topological polar surface area (TPSA) is 36.8 Å². The number of quaternary nitrogens is 1. The highest BCUT2D eigenvalue weighted by Crippen LogP contribution is 1.99. The van der Waals surface area contributed by atoms with Gasteiger partial charge >= 0.3 is 0 Å². The number of aliphatic hydroxyl groups excluding tert-OH is 1. The van der Waals surface area contributed by atoms with Crippen molar-refractivity contribution >= 4 is 0 Å². The van der Waals surface area contributed by atoms with Crippen LogP contribution in [0.4, 0.5) is 0 Å². The SMILES string of the molecule is CC.OC1CCCC[NH2+]C1. The maximum atomic E-state index is 9.06. The Balaban J connectivity index is 0.000000371. The van der Waals surface area contributed by atoms with Gasteiger partial charge in [0, 0.05) is 0 Å². The number of aliphatic hydroxyl groups is 1. The second kappa shape index (κ2) is 7.03. The van der Waals surface area contributed by atoms with Gasteiger partial charge < -0.3 is 10.4 Å². The van der Waals surface area contributed by atoms with Crippen molar-refractivity contribution in [2.45, 2.75) is 39.2 Å². The molecule has 0 aromatic carbocycles. The first-order valence-corrected chi connectivity index (χ1v) is 4.39. The highest BCUT2D eigenvalue weighted by Gasteiger charge is 2.08. The average molecular weight is 146 g/mol. The maximum absolute atomic E-state index is 9.06. The summed E-state index contributed by atoms with van der Waals surface area (Å²) in [6.07, 6.45) is 3.46. The van der Waals surface area contributed by atoms with Crippen LogP contribution in [-0.2, 0) is 0 Å². The van der Waals surface area contributed by atoms with E-state index in [4.69, 9.17) is 5.11 Å². The fourth-order valence-corrected chi connectivity index (χ4v) is 1.10. The van der Waals surface area contributed by atoms with Crippen LogP contribution in [0, 0.1) is 0 Å². The summed E-state index contributed by atoms with van der Waals surface area (Å²) in [4.78, 5) is 0. The van der Waals surface area contributed by atoms with Crippen LogP contribution in [-0.4, -0.2) is 24.3 Å². The van der Waals surface area contributed by atoms with E-state index in [1.807, 2.05) is 13.8 Å². The van der Waals surface area contributed by atoms with Crippen LogP contribution in [0.3, 0.4) is 0 Å². The van der Waals surface area contributed by atoms with E-state index in [0.29, 0.717) is 0 Å². The molecular formula is C8H20NO+. The largest absolute Gasteiger partial charge is 0.387 e. The van der Waals surface area contributed by atoms with Gasteiger partial charge in [-0.2, -0.15) is 0 Å². The molecule has 0 spiro atoms. The van der Waals surface area contributed by atoms with Gasteiger partial charge in [-0.1, -0.05) is 13.8 Å². The van der Waals surface area contributed by atoms with Gasteiger partial charge in [-0.05, 0) is 19.3 Å². The lowest BCUT2D eigenvalue weighted by Crippen LogP contribution is -2.85. The molecular weight excluding hydrogens is 126 g/mol. The van der Waals surface area contributed by atoms with E-state index < -0.39 is 0 Å². The summed E-state index contributed by atoms with van der Waals surface area (Å²) in [5.41, 5.74) is 0. The molecule has 62 valence electrons. The number of hydrogen-bond acceptors (Lipinski definition) is 1. The number of rotatable bonds is 0. The molecule has 0 bridgehead atoms. The zero-order chi connectivity index (χ0) is 7.82. The predicted octanol–water partition coefficient (Wildman–Crippen LogP) is 0.121. The van der Waals surface area contributed by atoms with Gasteiger partial charge in [-0.3, -0.25) is 0 Å². The zero-order valence-electron chi connectivity index (χ0n) is 7.14. The Morgan fingerprint density at radius 2 is 2.00 bits per heavy atom. The van der Waals surface area contributed by atoms with Crippen LogP contribution >= 0.6 is 0 Å². The molecule has 0 amide bonds. The van der Waals surface area contributed by atoms with Gasteiger partial charge in [0.05, 0.1) is 6.54 Å². The van der Waals surface area contributed by atoms with Crippen LogP contribution in [0.25, 0.3) is 0 Å². The number of hydrogen-bond donors (Lipinski definition) is 2. The molecule has 3 N–H and O–H groups in total. The molecule has 1 rings (SSSR count). The van der Waals surface area contributed by atoms with E-state index in [1.165, 1.54) is 19.4 Å². The van der Waals surface area contributed by atoms with Crippen molar-refractivity contribution in [3.63, 3.8) is 0 Å². The summed E-state index contributed by atoms with van der Waals surface area (Å²) >= 11 is 0. The molecule has 2 nitrogen and oxygen atoms in total. The fraction of sp³-hybridized carbons (Fsp3) is 1.00. The van der Waals surface area contributed by atoms with Gasteiger partial charge in [0.15, 0.2) is 0 Å². The van der Waals surface area contributed by atoms with Crippen molar-refractivity contribution in [3.8, 4) is 0 Å². The van der Waals surface area contributed by atoms with E-state index >= 15 is 0 Å². The summed E-state index contributed by atoms with van der Waals surface area (Å²) < 4.78 is 0. The standard InChI is InChI=1S/C6H13NO.C2H6/c8-6-3-1-2-4-7-5-6;1-2/h6-8H,1-5H2;1-2H3/p+1. The molecule has 0 aromatic rings. The molecule has 1 fully saturated rings. The fourth-order valence-electron chi connectivity index (χ4n) is 1.10. The van der Waals surface area contributed by atoms with E-state index in [1.54, 1.807) is 0 Å². The lowest BCUT2D eigenvalue weighted by molar-refractivity contribution is -0.658. The van der Waals surface area contributed by atoms with E-state index in [2.05, 4.69) is 5.32 Å². The van der Waals surface area contributed by atoms with Crippen LogP contribution in [0.5, 0.6) is 0 Å². The van der Waals surface area contributed by atoms with Crippen LogP contribution in [0.2, 0.25) is 0 Å². The summed E-state index contributed by atoms with van der Waals surface area (Å²) in [6.45, 7) is 6.12. The lowest BCUT2D eigenvalue weighted by atomic mass is 10.2. The Labute approximate surface area is 63.6 Å². The first-order valence-electron chi connectivity index (χ1n) is 4.39. The summed E-state index contributed by atoms with van der Waals surface area (Å²) in [5, 5.41) is 11.3. The molecule has 1 heterocycles. The zero-order valence-corrected chi connectivity index (χ0v) is 7.14. The van der Waals surface area contributed by atoms with E-state index in [0.717, 1.165) is 13.0 Å². The molecule has 2 heteroatoms. The maximum Gasteiger partial charge on any atom is 0.103 e. The number of nitrogens with two attached hydrogens (primary N) is 1. The summed E-state index contributed by atoms with van der Waals surface area (Å²) in [7, 11) is 0. The van der Waals surface area contributed by atoms with E-state index in [-0.39, 0.29) is 6.10 Å². The van der Waals surface area contributed by atoms with Crippen LogP contribution < -0.4 is 5.32 Å². The Morgan fingerprint density at radius 3 is 2.70 bits per heavy atom. The second-order valence-corrected chi connectivity index (χ2v) is 2.46. The van der Waals surface area contributed by atoms with Gasteiger partial charge in [0.25, 0.3) is 0 Å². The quantitative estimate of drug-likeness (QED) is 0.500. The molecule has 10 heavy (non-hydrogen) atoms. The third-order valence-electron chi connectivity index (χ3n) is 1.63. The third-order valence-corrected chi connectivity index (χ3v) is 1.63. The minimum atomic E-state index is -0.0301. The Bertz CT molecular complexity index is 58.3. The second-order valence-electron chi connectivity index (χ2n) is 2.46. The molecule has 1 aliphatic rings. The van der Waals surface area contributed by atoms with E-state index in [9.17, 15) is 0 Å². The van der Waals surface area contributed by atoms with Crippen LogP contribution in [0.15, 0.2) is 0 Å². The Morgan fingerprint density at radius 1 is 1.30 bits per heavy atom. The summed E-state index contributed by atoms with van der Waals surface area (Å²) in [6, 6.07) is 0. The first-order chi connectivity index (χ1) is 4.89. The average Bonchev–Trinajstić information content (AvgIpc) is 2.21. The lowest BCUT2D eigenvalue weighted by Gasteiger charge is -2.00. The van der Waals surface area contributed by atoms with Crippen molar-refractivity contribution in [2.75, 3.05) is 13.1 Å². The molecule has 1 aliphatic heterocycles. The van der Waals surface area contributed by atoms with Crippen molar-refractivity contribution in [1.29, 1.82) is 0 Å². The highest BCUT2D eigenvalue weighted by atomic mass is 16.3. The van der Waals surface area contributed by atoms with Crippen molar-refractivity contribution in [2.24, 2.45) is 0 Å². The van der Waals surface area contributed by atoms with Gasteiger partial charge in [-0.25, -0.2) is 0 Å². The smallest absolute Gasteiger partial charge is 0.103 e. The molecule has 1 saturated heterocycles. The molecule has 0 aromatic heterocycles. The molecule has 0 radical (unpaired) electrons. The third kappa shape index (κ3) is 4.77. The van der Waals surface area contributed by atoms with Gasteiger partial charge in [-0.15, -0.1) is 0 Å². The summed E-state index contributed by atoms with van der Waals surface area (Å²) in [5.74, 6) is 0. The molecule has 0 aliphatic carbocycles. The molecule has 1 unspecified atom stereocenters. The monoisotopic (exact) mass is 146 g/mol. The minimum absolute atomic E-state index is 0.0301.